The third-order valence-electron chi connectivity index (χ3n) is 1.59. The summed E-state index contributed by atoms with van der Waals surface area (Å²) < 4.78 is 0. The Morgan fingerprint density at radius 3 is 2.92 bits per heavy atom. The molecule has 0 aliphatic carbocycles. The Bertz CT molecular complexity index is 328. The molecule has 1 rings (SSSR count). The van der Waals surface area contributed by atoms with Crippen LogP contribution in [0.3, 0.4) is 0 Å². The highest BCUT2D eigenvalue weighted by Gasteiger charge is 2.01. The molecule has 0 saturated carbocycles. The van der Waals surface area contributed by atoms with Gasteiger partial charge < -0.3 is 10.4 Å². The van der Waals surface area contributed by atoms with Crippen molar-refractivity contribution in [3.05, 3.63) is 28.5 Å². The van der Waals surface area contributed by atoms with Crippen LogP contribution in [0.5, 0.6) is 0 Å². The van der Waals surface area contributed by atoms with Gasteiger partial charge in [0, 0.05) is 12.2 Å². The lowest BCUT2D eigenvalue weighted by Crippen LogP contribution is -2.20. The normalized spacial score (nSPS) is 9.69. The maximum atomic E-state index is 10.2. The SMILES string of the molecule is Cc1nc(Cl)ccc1CNC(=O)O. The zero-order chi connectivity index (χ0) is 9.84. The van der Waals surface area contributed by atoms with Gasteiger partial charge in [-0.2, -0.15) is 0 Å². The lowest BCUT2D eigenvalue weighted by Gasteiger charge is -2.04. The smallest absolute Gasteiger partial charge is 0.404 e. The lowest BCUT2D eigenvalue weighted by atomic mass is 10.2. The monoisotopic (exact) mass is 200 g/mol. The van der Waals surface area contributed by atoms with Gasteiger partial charge in [-0.15, -0.1) is 0 Å². The van der Waals surface area contributed by atoms with Crippen LogP contribution in [0.4, 0.5) is 4.79 Å². The highest BCUT2D eigenvalue weighted by atomic mass is 35.5. The number of pyridine rings is 1. The largest absolute Gasteiger partial charge is 0.465 e. The first-order valence-corrected chi connectivity index (χ1v) is 4.06. The lowest BCUT2D eigenvalue weighted by molar-refractivity contribution is 0.194. The summed E-state index contributed by atoms with van der Waals surface area (Å²) in [6, 6.07) is 3.38. The molecule has 0 radical (unpaired) electrons. The van der Waals surface area contributed by atoms with Gasteiger partial charge in [-0.3, -0.25) is 0 Å². The van der Waals surface area contributed by atoms with Gasteiger partial charge in [0.2, 0.25) is 0 Å². The Hall–Kier alpha value is -1.29. The molecule has 70 valence electrons. The zero-order valence-corrected chi connectivity index (χ0v) is 7.80. The second-order valence-corrected chi connectivity index (χ2v) is 2.92. The number of hydrogen-bond acceptors (Lipinski definition) is 2. The van der Waals surface area contributed by atoms with E-state index in [9.17, 15) is 4.79 Å². The molecule has 1 heterocycles. The van der Waals surface area contributed by atoms with Gasteiger partial charge in [0.15, 0.2) is 0 Å². The number of aryl methyl sites for hydroxylation is 1. The van der Waals surface area contributed by atoms with Gasteiger partial charge in [0.1, 0.15) is 5.15 Å². The van der Waals surface area contributed by atoms with E-state index in [4.69, 9.17) is 16.7 Å². The zero-order valence-electron chi connectivity index (χ0n) is 7.04. The molecule has 0 fully saturated rings. The molecule has 2 N–H and O–H groups in total. The fraction of sp³-hybridized carbons (Fsp3) is 0.250. The number of hydrogen-bond donors (Lipinski definition) is 2. The average Bonchev–Trinajstić information content (AvgIpc) is 2.02. The molecule has 0 bridgehead atoms. The van der Waals surface area contributed by atoms with E-state index < -0.39 is 6.09 Å². The van der Waals surface area contributed by atoms with Crippen LogP contribution in [-0.2, 0) is 6.54 Å². The van der Waals surface area contributed by atoms with E-state index in [1.165, 1.54) is 0 Å². The molecule has 0 aliphatic heterocycles. The van der Waals surface area contributed by atoms with Crippen LogP contribution in [0.1, 0.15) is 11.3 Å². The molecule has 0 aromatic carbocycles. The van der Waals surface area contributed by atoms with Gasteiger partial charge in [-0.1, -0.05) is 17.7 Å². The van der Waals surface area contributed by atoms with E-state index in [0.29, 0.717) is 5.15 Å². The molecule has 0 saturated heterocycles. The highest BCUT2D eigenvalue weighted by Crippen LogP contribution is 2.10. The number of rotatable bonds is 2. The Morgan fingerprint density at radius 1 is 1.69 bits per heavy atom. The summed E-state index contributed by atoms with van der Waals surface area (Å²) in [5, 5.41) is 11.0. The topological polar surface area (TPSA) is 62.2 Å². The standard InChI is InChI=1S/C8H9ClN2O2/c1-5-6(4-10-8(12)13)2-3-7(9)11-5/h2-3,10H,4H2,1H3,(H,12,13). The Labute approximate surface area is 80.6 Å². The summed E-state index contributed by atoms with van der Waals surface area (Å²) in [6.07, 6.45) is -1.05. The summed E-state index contributed by atoms with van der Waals surface area (Å²) >= 11 is 5.63. The van der Waals surface area contributed by atoms with E-state index in [-0.39, 0.29) is 6.54 Å². The molecule has 0 atom stereocenters. The van der Waals surface area contributed by atoms with Gasteiger partial charge >= 0.3 is 6.09 Å². The predicted molar refractivity (Wildman–Crippen MR) is 48.8 cm³/mol. The summed E-state index contributed by atoms with van der Waals surface area (Å²) in [5.41, 5.74) is 1.56. The van der Waals surface area contributed by atoms with Gasteiger partial charge in [0.05, 0.1) is 0 Å². The van der Waals surface area contributed by atoms with Crippen LogP contribution >= 0.6 is 11.6 Å². The van der Waals surface area contributed by atoms with E-state index in [1.807, 2.05) is 0 Å². The summed E-state index contributed by atoms with van der Waals surface area (Å²) in [5.74, 6) is 0. The van der Waals surface area contributed by atoms with Crippen molar-refractivity contribution in [3.63, 3.8) is 0 Å². The minimum absolute atomic E-state index is 0.255. The number of halogens is 1. The molecule has 0 aliphatic rings. The minimum Gasteiger partial charge on any atom is -0.465 e. The van der Waals surface area contributed by atoms with Crippen molar-refractivity contribution >= 4 is 17.7 Å². The molecule has 13 heavy (non-hydrogen) atoms. The van der Waals surface area contributed by atoms with Gasteiger partial charge in [-0.05, 0) is 18.6 Å². The fourth-order valence-electron chi connectivity index (χ4n) is 0.917. The second kappa shape index (κ2) is 4.09. The van der Waals surface area contributed by atoms with Gasteiger partial charge in [0.25, 0.3) is 0 Å². The van der Waals surface area contributed by atoms with Crippen molar-refractivity contribution in [2.24, 2.45) is 0 Å². The van der Waals surface area contributed by atoms with E-state index >= 15 is 0 Å². The van der Waals surface area contributed by atoms with Crippen LogP contribution in [0.25, 0.3) is 0 Å². The van der Waals surface area contributed by atoms with E-state index in [2.05, 4.69) is 10.3 Å². The maximum Gasteiger partial charge on any atom is 0.404 e. The van der Waals surface area contributed by atoms with Crippen molar-refractivity contribution in [1.82, 2.24) is 10.3 Å². The van der Waals surface area contributed by atoms with Crippen molar-refractivity contribution in [3.8, 4) is 0 Å². The van der Waals surface area contributed by atoms with Crippen molar-refractivity contribution in [2.75, 3.05) is 0 Å². The van der Waals surface area contributed by atoms with Crippen molar-refractivity contribution < 1.29 is 9.90 Å². The Balaban J connectivity index is 2.72. The molecule has 1 amide bonds. The maximum absolute atomic E-state index is 10.2. The quantitative estimate of drug-likeness (QED) is 0.716. The first kappa shape index (κ1) is 9.80. The second-order valence-electron chi connectivity index (χ2n) is 2.54. The van der Waals surface area contributed by atoms with Gasteiger partial charge in [-0.25, -0.2) is 9.78 Å². The molecule has 4 nitrogen and oxygen atoms in total. The third-order valence-corrected chi connectivity index (χ3v) is 1.80. The molecular weight excluding hydrogens is 192 g/mol. The van der Waals surface area contributed by atoms with Crippen LogP contribution < -0.4 is 5.32 Å². The summed E-state index contributed by atoms with van der Waals surface area (Å²) in [4.78, 5) is 14.2. The number of amides is 1. The van der Waals surface area contributed by atoms with Crippen molar-refractivity contribution in [1.29, 1.82) is 0 Å². The van der Waals surface area contributed by atoms with Crippen molar-refractivity contribution in [2.45, 2.75) is 13.5 Å². The first-order valence-electron chi connectivity index (χ1n) is 3.68. The first-order chi connectivity index (χ1) is 6.09. The molecule has 5 heteroatoms. The van der Waals surface area contributed by atoms with E-state index in [0.717, 1.165) is 11.3 Å². The minimum atomic E-state index is -1.05. The molecular formula is C8H9ClN2O2. The molecule has 1 aromatic heterocycles. The van der Waals surface area contributed by atoms with Crippen LogP contribution in [0, 0.1) is 6.92 Å². The van der Waals surface area contributed by atoms with Crippen LogP contribution in [-0.4, -0.2) is 16.2 Å². The molecule has 1 aromatic rings. The molecule has 0 unspecified atom stereocenters. The van der Waals surface area contributed by atoms with Crippen LogP contribution in [0.2, 0.25) is 5.15 Å². The third kappa shape index (κ3) is 2.91. The molecule has 0 spiro atoms. The Kier molecular flexibility index (Phi) is 3.08. The predicted octanol–water partition coefficient (Wildman–Crippen LogP) is 1.81. The summed E-state index contributed by atoms with van der Waals surface area (Å²) in [6.45, 7) is 2.04. The number of nitrogens with zero attached hydrogens (tertiary/aromatic N) is 1. The van der Waals surface area contributed by atoms with Crippen LogP contribution in [0.15, 0.2) is 12.1 Å². The van der Waals surface area contributed by atoms with E-state index in [1.54, 1.807) is 19.1 Å². The Morgan fingerprint density at radius 2 is 2.38 bits per heavy atom. The summed E-state index contributed by atoms with van der Waals surface area (Å²) in [7, 11) is 0. The number of carbonyl (C=O) groups is 1. The fourth-order valence-corrected chi connectivity index (χ4v) is 1.11. The average molecular weight is 201 g/mol. The number of aromatic nitrogens is 1. The number of nitrogens with one attached hydrogen (secondary N) is 1. The highest BCUT2D eigenvalue weighted by molar-refractivity contribution is 6.29. The number of carboxylic acid groups (broad SMARTS) is 1.